The molecule has 1 fully saturated rings. The molecule has 2 aromatic carbocycles. The minimum absolute atomic E-state index is 0.439. The number of aryl methyl sites for hydroxylation is 2. The fourth-order valence-corrected chi connectivity index (χ4v) is 7.08. The van der Waals surface area contributed by atoms with Crippen molar-refractivity contribution < 1.29 is 4.79 Å². The highest BCUT2D eigenvalue weighted by Crippen LogP contribution is 2.46. The number of benzene rings is 2. The first kappa shape index (κ1) is 33.9. The van der Waals surface area contributed by atoms with E-state index in [1.54, 1.807) is 4.68 Å². The average molecular weight is 660 g/mol. The first-order chi connectivity index (χ1) is 22.2. The monoisotopic (exact) mass is 658 g/mol. The van der Waals surface area contributed by atoms with Crippen LogP contribution in [0.25, 0.3) is 33.5 Å². The van der Waals surface area contributed by atoms with Gasteiger partial charge < -0.3 is 16.0 Å². The molecule has 0 bridgehead atoms. The van der Waals surface area contributed by atoms with Crippen molar-refractivity contribution in [2.24, 2.45) is 10.5 Å². The van der Waals surface area contributed by atoms with Gasteiger partial charge in [-0.3, -0.25) is 9.78 Å². The molecule has 0 unspecified atom stereocenters. The minimum Gasteiger partial charge on any atom is -0.314 e. The van der Waals surface area contributed by atoms with E-state index in [2.05, 4.69) is 42.8 Å². The Morgan fingerprint density at radius 2 is 1.63 bits per heavy atom. The van der Waals surface area contributed by atoms with E-state index >= 15 is 0 Å². The van der Waals surface area contributed by atoms with E-state index < -0.39 is 0 Å². The van der Waals surface area contributed by atoms with Gasteiger partial charge in [-0.1, -0.05) is 99.3 Å². The molecule has 2 heterocycles. The molecule has 1 aliphatic carbocycles. The van der Waals surface area contributed by atoms with Crippen LogP contribution >= 0.6 is 23.2 Å². The number of amidine groups is 1. The number of pyridine rings is 1. The molecular formula is C37H44Cl2N6O. The van der Waals surface area contributed by atoms with Crippen LogP contribution in [-0.4, -0.2) is 41.0 Å². The van der Waals surface area contributed by atoms with Gasteiger partial charge in [-0.05, 0) is 56.3 Å². The molecule has 5 rings (SSSR count). The summed E-state index contributed by atoms with van der Waals surface area (Å²) < 4.78 is 1.79. The van der Waals surface area contributed by atoms with Crippen LogP contribution in [0.1, 0.15) is 63.4 Å². The van der Waals surface area contributed by atoms with Crippen molar-refractivity contribution in [3.05, 3.63) is 87.8 Å². The lowest BCUT2D eigenvalue weighted by Gasteiger charge is -2.47. The molecule has 1 aliphatic rings. The molecule has 0 spiro atoms. The first-order valence-electron chi connectivity index (χ1n) is 16.2. The van der Waals surface area contributed by atoms with E-state index in [1.807, 2.05) is 68.6 Å². The second-order valence-electron chi connectivity index (χ2n) is 12.3. The van der Waals surface area contributed by atoms with Crippen LogP contribution in [0.15, 0.2) is 65.9 Å². The third-order valence-electron chi connectivity index (χ3n) is 9.49. The zero-order chi connectivity index (χ0) is 32.8. The maximum absolute atomic E-state index is 11.4. The van der Waals surface area contributed by atoms with E-state index in [0.29, 0.717) is 40.3 Å². The van der Waals surface area contributed by atoms with E-state index in [1.165, 1.54) is 18.4 Å². The third-order valence-corrected chi connectivity index (χ3v) is 10.3. The van der Waals surface area contributed by atoms with Crippen molar-refractivity contribution in [3.8, 4) is 33.5 Å². The lowest BCUT2D eigenvalue weighted by molar-refractivity contribution is -0.108. The summed E-state index contributed by atoms with van der Waals surface area (Å²) in [6.07, 6.45) is 7.32. The minimum atomic E-state index is 0.439. The SMILES string of the molecule is CCNCc1ccc(-c2cccc(-c3cccc(-c4cc(C)n(/N=C(/CNC5CC(CC)(CC)C5)NC=O)c4)c3Cl)c2Cl)nc1C. The smallest absolute Gasteiger partial charge is 0.212 e. The highest BCUT2D eigenvalue weighted by atomic mass is 35.5. The fraction of sp³-hybridized carbons (Fsp3) is 0.378. The van der Waals surface area contributed by atoms with Crippen molar-refractivity contribution in [2.75, 3.05) is 13.1 Å². The highest BCUT2D eigenvalue weighted by molar-refractivity contribution is 6.39. The zero-order valence-corrected chi connectivity index (χ0v) is 28.9. The Morgan fingerprint density at radius 1 is 0.978 bits per heavy atom. The predicted octanol–water partition coefficient (Wildman–Crippen LogP) is 8.38. The quantitative estimate of drug-likeness (QED) is 0.0765. The summed E-state index contributed by atoms with van der Waals surface area (Å²) >= 11 is 14.2. The second kappa shape index (κ2) is 14.9. The van der Waals surface area contributed by atoms with Crippen LogP contribution in [0.4, 0.5) is 0 Å². The molecule has 0 aliphatic heterocycles. The number of carbonyl (C=O) groups excluding carboxylic acids is 1. The summed E-state index contributed by atoms with van der Waals surface area (Å²) in [6.45, 7) is 12.8. The van der Waals surface area contributed by atoms with Crippen molar-refractivity contribution in [3.63, 3.8) is 0 Å². The Balaban J connectivity index is 1.40. The van der Waals surface area contributed by atoms with Gasteiger partial charge in [0.25, 0.3) is 0 Å². The molecule has 0 saturated heterocycles. The normalized spacial score (nSPS) is 14.7. The molecular weight excluding hydrogens is 615 g/mol. The second-order valence-corrected chi connectivity index (χ2v) is 13.0. The topological polar surface area (TPSA) is 83.3 Å². The number of hydrogen-bond acceptors (Lipinski definition) is 5. The Labute approximate surface area is 282 Å². The van der Waals surface area contributed by atoms with Gasteiger partial charge >= 0.3 is 0 Å². The number of nitrogens with zero attached hydrogens (tertiary/aromatic N) is 3. The molecule has 0 radical (unpaired) electrons. The summed E-state index contributed by atoms with van der Waals surface area (Å²) in [5.74, 6) is 0.563. The van der Waals surface area contributed by atoms with E-state index in [9.17, 15) is 4.79 Å². The van der Waals surface area contributed by atoms with Gasteiger partial charge in [-0.15, -0.1) is 0 Å². The van der Waals surface area contributed by atoms with Gasteiger partial charge in [0, 0.05) is 58.0 Å². The van der Waals surface area contributed by atoms with E-state index in [0.717, 1.165) is 70.8 Å². The lowest BCUT2D eigenvalue weighted by Crippen LogP contribution is -2.50. The maximum atomic E-state index is 11.4. The molecule has 0 atom stereocenters. The number of aromatic nitrogens is 2. The number of rotatable bonds is 13. The van der Waals surface area contributed by atoms with Gasteiger partial charge in [-0.2, -0.15) is 5.10 Å². The zero-order valence-electron chi connectivity index (χ0n) is 27.4. The number of nitrogens with one attached hydrogen (secondary N) is 3. The lowest BCUT2D eigenvalue weighted by atomic mass is 9.62. The van der Waals surface area contributed by atoms with Crippen LogP contribution in [0.3, 0.4) is 0 Å². The van der Waals surface area contributed by atoms with Gasteiger partial charge in [-0.25, -0.2) is 4.68 Å². The van der Waals surface area contributed by atoms with Crippen molar-refractivity contribution >= 4 is 35.4 Å². The number of halogens is 2. The Bertz CT molecular complexity index is 1720. The summed E-state index contributed by atoms with van der Waals surface area (Å²) in [5, 5.41) is 15.7. The van der Waals surface area contributed by atoms with Gasteiger partial charge in [0.15, 0.2) is 0 Å². The number of hydrogen-bond donors (Lipinski definition) is 3. The highest BCUT2D eigenvalue weighted by Gasteiger charge is 2.40. The summed E-state index contributed by atoms with van der Waals surface area (Å²) in [7, 11) is 0. The first-order valence-corrected chi connectivity index (χ1v) is 16.9. The van der Waals surface area contributed by atoms with Gasteiger partial charge in [0.1, 0.15) is 5.84 Å². The third kappa shape index (κ3) is 7.23. The summed E-state index contributed by atoms with van der Waals surface area (Å²) in [4.78, 5) is 16.3. The van der Waals surface area contributed by atoms with Crippen LogP contribution in [0.2, 0.25) is 10.0 Å². The molecule has 46 heavy (non-hydrogen) atoms. The molecule has 1 saturated carbocycles. The van der Waals surface area contributed by atoms with Crippen LogP contribution < -0.4 is 16.0 Å². The number of carbonyl (C=O) groups is 1. The van der Waals surface area contributed by atoms with Crippen LogP contribution in [0.5, 0.6) is 0 Å². The fourth-order valence-electron chi connectivity index (χ4n) is 6.42. The van der Waals surface area contributed by atoms with Gasteiger partial charge in [0.05, 0.1) is 22.3 Å². The van der Waals surface area contributed by atoms with E-state index in [-0.39, 0.29) is 0 Å². The van der Waals surface area contributed by atoms with Crippen molar-refractivity contribution in [2.45, 2.75) is 72.9 Å². The van der Waals surface area contributed by atoms with Crippen LogP contribution in [0, 0.1) is 19.3 Å². The molecule has 242 valence electrons. The molecule has 7 nitrogen and oxygen atoms in total. The van der Waals surface area contributed by atoms with E-state index in [4.69, 9.17) is 33.3 Å². The molecule has 1 amide bonds. The number of amides is 1. The standard InChI is InChI=1S/C37H44Cl2N6O/c1-6-37(7-2)18-28(19-37)41-21-34(42-23-46)44-45-22-27(17-24(45)4)29-11-9-12-30(35(29)38)31-13-10-14-32(36(31)39)33-16-15-26(20-40-8-3)25(5)43-33/h9-17,22-23,28,40-41H,6-8,18-21H2,1-5H3,(H,42,44,46). The molecule has 2 aromatic heterocycles. The molecule has 3 N–H and O–H groups in total. The molecule has 4 aromatic rings. The average Bonchev–Trinajstić information content (AvgIpc) is 3.39. The maximum Gasteiger partial charge on any atom is 0.212 e. The Kier molecular flexibility index (Phi) is 11.0. The van der Waals surface area contributed by atoms with Gasteiger partial charge in [0.2, 0.25) is 6.41 Å². The molecule has 9 heteroatoms. The van der Waals surface area contributed by atoms with Crippen LogP contribution in [-0.2, 0) is 11.3 Å². The largest absolute Gasteiger partial charge is 0.314 e. The Morgan fingerprint density at radius 3 is 2.26 bits per heavy atom. The Hall–Kier alpha value is -3.49. The van der Waals surface area contributed by atoms with Crippen molar-refractivity contribution in [1.82, 2.24) is 25.6 Å². The van der Waals surface area contributed by atoms with Crippen molar-refractivity contribution in [1.29, 1.82) is 0 Å². The summed E-state index contributed by atoms with van der Waals surface area (Å²) in [5.41, 5.74) is 8.65. The summed E-state index contributed by atoms with van der Waals surface area (Å²) in [6, 6.07) is 18.6. The predicted molar refractivity (Wildman–Crippen MR) is 191 cm³/mol.